The van der Waals surface area contributed by atoms with Crippen LogP contribution in [0.4, 0.5) is 0 Å². The molecule has 0 spiro atoms. The van der Waals surface area contributed by atoms with E-state index in [0.717, 1.165) is 10.8 Å². The van der Waals surface area contributed by atoms with Gasteiger partial charge in [-0.1, -0.05) is 147 Å². The van der Waals surface area contributed by atoms with Crippen molar-refractivity contribution in [1.29, 1.82) is 0 Å². The van der Waals surface area contributed by atoms with Gasteiger partial charge in [0.05, 0.1) is 0 Å². The van der Waals surface area contributed by atoms with Crippen molar-refractivity contribution in [3.8, 4) is 0 Å². The summed E-state index contributed by atoms with van der Waals surface area (Å²) >= 11 is 54.0. The van der Waals surface area contributed by atoms with E-state index in [4.69, 9.17) is 104 Å². The van der Waals surface area contributed by atoms with Gasteiger partial charge in [0, 0.05) is 6.42 Å². The first-order valence-electron chi connectivity index (χ1n) is 7.06. The molecule has 26 heavy (non-hydrogen) atoms. The van der Waals surface area contributed by atoms with Crippen LogP contribution in [0.5, 0.6) is 0 Å². The molecule has 143 valence electrons. The highest BCUT2D eigenvalue weighted by Crippen LogP contribution is 2.63. The molecular formula is C16H10Cl9O. The lowest BCUT2D eigenvalue weighted by Gasteiger charge is -2.45. The lowest BCUT2D eigenvalue weighted by Crippen LogP contribution is -2.60. The highest BCUT2D eigenvalue weighted by molar-refractivity contribution is 6.80. The Labute approximate surface area is 196 Å². The second-order valence-corrected chi connectivity index (χ2v) is 11.9. The van der Waals surface area contributed by atoms with Crippen molar-refractivity contribution >= 4 is 115 Å². The van der Waals surface area contributed by atoms with Gasteiger partial charge < -0.3 is 0 Å². The maximum absolute atomic E-state index is 12.9. The standard InChI is InChI=1S/C16H10Cl9O/c17-13(18,14(19,20)15(21,22)16(23,24)25)12(26)8-10-6-3-5-9-4-1-2-7-11(9)10/h1-7,12H,8H2. The van der Waals surface area contributed by atoms with Gasteiger partial charge >= 0.3 is 0 Å². The Morgan fingerprint density at radius 3 is 1.85 bits per heavy atom. The molecule has 0 aliphatic heterocycles. The smallest absolute Gasteiger partial charge is 0.226 e. The van der Waals surface area contributed by atoms with Crippen molar-refractivity contribution in [2.45, 2.75) is 29.3 Å². The quantitative estimate of drug-likeness (QED) is 0.344. The number of rotatable bonds is 5. The van der Waals surface area contributed by atoms with E-state index in [1.54, 1.807) is 12.1 Å². The zero-order valence-electron chi connectivity index (χ0n) is 12.6. The Morgan fingerprint density at radius 1 is 0.731 bits per heavy atom. The van der Waals surface area contributed by atoms with Crippen LogP contribution in [-0.2, 0) is 11.5 Å². The first-order valence-corrected chi connectivity index (χ1v) is 10.5. The third kappa shape index (κ3) is 4.24. The SMILES string of the molecule is [O]C(Cc1cccc2ccccc12)C(Cl)(Cl)C(Cl)(Cl)C(Cl)(Cl)C(Cl)(Cl)Cl. The van der Waals surface area contributed by atoms with Gasteiger partial charge in [-0.3, -0.25) is 0 Å². The van der Waals surface area contributed by atoms with Crippen LogP contribution >= 0.6 is 104 Å². The van der Waals surface area contributed by atoms with Crippen LogP contribution < -0.4 is 0 Å². The molecule has 0 N–H and O–H groups in total. The molecule has 1 unspecified atom stereocenters. The molecule has 0 aromatic heterocycles. The van der Waals surface area contributed by atoms with Gasteiger partial charge in [0.2, 0.25) is 3.79 Å². The predicted octanol–water partition coefficient (Wildman–Crippen LogP) is 8.07. The van der Waals surface area contributed by atoms with Crippen LogP contribution in [0.15, 0.2) is 42.5 Å². The molecule has 0 aliphatic carbocycles. The molecule has 10 heteroatoms. The fraction of sp³-hybridized carbons (Fsp3) is 0.375. The number of alkyl halides is 9. The second-order valence-electron chi connectivity index (χ2n) is 5.60. The average Bonchev–Trinajstić information content (AvgIpc) is 2.53. The van der Waals surface area contributed by atoms with E-state index in [0.29, 0.717) is 5.56 Å². The molecule has 2 aromatic carbocycles. The molecule has 2 rings (SSSR count). The fourth-order valence-electron chi connectivity index (χ4n) is 2.39. The minimum atomic E-state index is -2.51. The maximum atomic E-state index is 12.9. The van der Waals surface area contributed by atoms with Gasteiger partial charge in [0.1, 0.15) is 6.10 Å². The van der Waals surface area contributed by atoms with Crippen LogP contribution in [0.25, 0.3) is 10.8 Å². The first-order chi connectivity index (χ1) is 11.7. The Morgan fingerprint density at radius 2 is 1.27 bits per heavy atom. The minimum Gasteiger partial charge on any atom is -0.229 e. The zero-order valence-corrected chi connectivity index (χ0v) is 19.4. The summed E-state index contributed by atoms with van der Waals surface area (Å²) < 4.78 is -9.73. The van der Waals surface area contributed by atoms with Gasteiger partial charge in [-0.15, -0.1) is 0 Å². The molecule has 1 nitrogen and oxygen atoms in total. The Bertz CT molecular complexity index is 777. The van der Waals surface area contributed by atoms with Crippen LogP contribution in [-0.4, -0.2) is 22.9 Å². The van der Waals surface area contributed by atoms with Crippen molar-refractivity contribution in [3.63, 3.8) is 0 Å². The maximum Gasteiger partial charge on any atom is 0.226 e. The lowest BCUT2D eigenvalue weighted by atomic mass is 9.97. The molecule has 0 heterocycles. The molecule has 0 fully saturated rings. The summed E-state index contributed by atoms with van der Waals surface area (Å²) in [5, 5.41) is 14.7. The van der Waals surface area contributed by atoms with Crippen molar-refractivity contribution < 1.29 is 5.11 Å². The summed E-state index contributed by atoms with van der Waals surface area (Å²) in [6.45, 7) is 0. The predicted molar refractivity (Wildman–Crippen MR) is 116 cm³/mol. The molecule has 0 saturated heterocycles. The van der Waals surface area contributed by atoms with Crippen LogP contribution in [0.1, 0.15) is 5.56 Å². The zero-order chi connectivity index (χ0) is 20.0. The van der Waals surface area contributed by atoms with Gasteiger partial charge in [0.15, 0.2) is 13.0 Å². The number of fused-ring (bicyclic) bond motifs is 1. The van der Waals surface area contributed by atoms with E-state index in [2.05, 4.69) is 0 Å². The van der Waals surface area contributed by atoms with Gasteiger partial charge in [0.25, 0.3) is 0 Å². The number of hydrogen-bond acceptors (Lipinski definition) is 0. The summed E-state index contributed by atoms with van der Waals surface area (Å²) in [7, 11) is 0. The van der Waals surface area contributed by atoms with E-state index >= 15 is 0 Å². The highest BCUT2D eigenvalue weighted by Gasteiger charge is 2.70. The topological polar surface area (TPSA) is 19.9 Å². The Balaban J connectivity index is 2.39. The molecule has 1 atom stereocenters. The van der Waals surface area contributed by atoms with Crippen molar-refractivity contribution in [2.75, 3.05) is 0 Å². The highest BCUT2D eigenvalue weighted by atomic mass is 35.6. The van der Waals surface area contributed by atoms with Crippen LogP contribution in [0, 0.1) is 0 Å². The molecule has 2 aromatic rings. The first kappa shape index (κ1) is 23.5. The number of halogens is 9. The summed E-state index contributed by atoms with van der Waals surface area (Å²) in [6.07, 6.45) is -1.85. The van der Waals surface area contributed by atoms with Gasteiger partial charge in [-0.25, -0.2) is 5.11 Å². The van der Waals surface area contributed by atoms with Crippen molar-refractivity contribution in [2.24, 2.45) is 0 Å². The van der Waals surface area contributed by atoms with Crippen LogP contribution in [0.3, 0.4) is 0 Å². The van der Waals surface area contributed by atoms with E-state index in [-0.39, 0.29) is 6.42 Å². The molecule has 1 radical (unpaired) electrons. The van der Waals surface area contributed by atoms with Crippen LogP contribution in [0.2, 0.25) is 0 Å². The van der Waals surface area contributed by atoms with E-state index in [9.17, 15) is 5.11 Å². The largest absolute Gasteiger partial charge is 0.229 e. The van der Waals surface area contributed by atoms with Gasteiger partial charge in [-0.2, -0.15) is 0 Å². The molecule has 0 aliphatic rings. The summed E-state index contributed by atoms with van der Waals surface area (Å²) in [5.41, 5.74) is 0.696. The average molecular weight is 537 g/mol. The minimum absolute atomic E-state index is 0.112. The third-order valence-corrected chi connectivity index (χ3v) is 9.41. The lowest BCUT2D eigenvalue weighted by molar-refractivity contribution is 0.0684. The molecule has 0 amide bonds. The van der Waals surface area contributed by atoms with Crippen molar-refractivity contribution in [3.05, 3.63) is 48.0 Å². The number of hydrogen-bond donors (Lipinski definition) is 0. The van der Waals surface area contributed by atoms with E-state index < -0.39 is 22.9 Å². The molecular weight excluding hydrogens is 527 g/mol. The fourth-order valence-corrected chi connectivity index (χ4v) is 4.56. The van der Waals surface area contributed by atoms with Gasteiger partial charge in [-0.05, 0) is 16.3 Å². The third-order valence-electron chi connectivity index (χ3n) is 3.86. The second kappa shape index (κ2) is 8.19. The summed E-state index contributed by atoms with van der Waals surface area (Å²) in [5.74, 6) is 0. The molecule has 0 bridgehead atoms. The monoisotopic (exact) mass is 533 g/mol. The summed E-state index contributed by atoms with van der Waals surface area (Å²) in [6, 6.07) is 13.0. The number of benzene rings is 2. The Kier molecular flexibility index (Phi) is 7.41. The summed E-state index contributed by atoms with van der Waals surface area (Å²) in [4.78, 5) is 0. The Hall–Kier alpha value is 1.27. The molecule has 0 saturated carbocycles. The normalized spacial score (nSPS) is 15.3. The van der Waals surface area contributed by atoms with E-state index in [1.165, 1.54) is 0 Å². The van der Waals surface area contributed by atoms with E-state index in [1.807, 2.05) is 30.3 Å². The van der Waals surface area contributed by atoms with Crippen molar-refractivity contribution in [1.82, 2.24) is 0 Å².